The van der Waals surface area contributed by atoms with E-state index in [4.69, 9.17) is 24.0 Å². The molecule has 1 aromatic carbocycles. The van der Waals surface area contributed by atoms with Crippen LogP contribution in [-0.2, 0) is 0 Å². The molecule has 10 heteroatoms. The lowest BCUT2D eigenvalue weighted by Crippen LogP contribution is -2.68. The minimum absolute atomic E-state index is 0.0163. The Morgan fingerprint density at radius 2 is 1.50 bits per heavy atom. The van der Waals surface area contributed by atoms with Crippen molar-refractivity contribution < 1.29 is 33.8 Å². The Kier molecular flexibility index (Phi) is 5.23. The third-order valence-corrected chi connectivity index (χ3v) is 1.18. The SMILES string of the molecule is N#[N+]c1ccc([N+](=O)[O-])cc1.[O-][Cl+3]([O-])([O-])[O-]. The van der Waals surface area contributed by atoms with Crippen molar-refractivity contribution in [2.24, 2.45) is 0 Å². The van der Waals surface area contributed by atoms with E-state index in [1.165, 1.54) is 24.3 Å². The van der Waals surface area contributed by atoms with Crippen molar-refractivity contribution in [2.75, 3.05) is 0 Å². The van der Waals surface area contributed by atoms with E-state index in [1.807, 2.05) is 0 Å². The van der Waals surface area contributed by atoms with Gasteiger partial charge in [0.15, 0.2) is 4.98 Å². The molecule has 0 bridgehead atoms. The van der Waals surface area contributed by atoms with Gasteiger partial charge in [-0.25, -0.2) is 18.6 Å². The number of nitrogens with zero attached hydrogens (tertiary/aromatic N) is 3. The molecule has 0 N–H and O–H groups in total. The van der Waals surface area contributed by atoms with Crippen molar-refractivity contribution >= 4 is 11.4 Å². The lowest BCUT2D eigenvalue weighted by Gasteiger charge is -2.17. The standard InChI is InChI=1S/C6H4N3O2.ClHO4/c7-8-5-1-3-6(4-2-5)9(10)11;2-1(3,4)5/h1-4H;(H,2,3,4,5)/q+1;/p-1. The summed E-state index contributed by atoms with van der Waals surface area (Å²) in [7, 11) is -4.94. The minimum Gasteiger partial charge on any atom is -0.258 e. The van der Waals surface area contributed by atoms with Crippen LogP contribution < -0.4 is 18.6 Å². The van der Waals surface area contributed by atoms with Crippen LogP contribution in [0.5, 0.6) is 0 Å². The van der Waals surface area contributed by atoms with Crippen LogP contribution in [-0.4, -0.2) is 4.92 Å². The molecule has 1 aromatic rings. The molecule has 1 rings (SSSR count). The van der Waals surface area contributed by atoms with Crippen LogP contribution in [0.4, 0.5) is 11.4 Å². The Hall–Kier alpha value is -1.83. The molecule has 0 spiro atoms. The molecule has 0 aliphatic rings. The fraction of sp³-hybridized carbons (Fsp3) is 0. The average molecular weight is 250 g/mol. The maximum absolute atomic E-state index is 10.1. The van der Waals surface area contributed by atoms with Crippen molar-refractivity contribution in [2.45, 2.75) is 0 Å². The van der Waals surface area contributed by atoms with Gasteiger partial charge in [0.1, 0.15) is 0 Å². The molecule has 9 nitrogen and oxygen atoms in total. The monoisotopic (exact) mass is 249 g/mol. The van der Waals surface area contributed by atoms with E-state index in [1.54, 1.807) is 0 Å². The summed E-state index contributed by atoms with van der Waals surface area (Å²) in [5.74, 6) is 0. The van der Waals surface area contributed by atoms with Gasteiger partial charge < -0.3 is 0 Å². The van der Waals surface area contributed by atoms with Crippen LogP contribution in [0.25, 0.3) is 4.98 Å². The van der Waals surface area contributed by atoms with Crippen LogP contribution in [0, 0.1) is 25.8 Å². The number of diazo groups is 1. The second kappa shape index (κ2) is 5.91. The first kappa shape index (κ1) is 14.2. The van der Waals surface area contributed by atoms with Gasteiger partial charge >= 0.3 is 5.69 Å². The van der Waals surface area contributed by atoms with Crippen molar-refractivity contribution in [1.29, 1.82) is 5.39 Å². The molecule has 0 aliphatic heterocycles. The molecule has 0 aromatic heterocycles. The molecule has 0 saturated carbocycles. The second-order valence-corrected chi connectivity index (χ2v) is 3.01. The summed E-state index contributed by atoms with van der Waals surface area (Å²) >= 11 is 0. The Morgan fingerprint density at radius 1 is 1.12 bits per heavy atom. The normalized spacial score (nSPS) is 9.69. The first-order valence-electron chi connectivity index (χ1n) is 3.45. The Bertz CT molecular complexity index is 388. The zero-order valence-corrected chi connectivity index (χ0v) is 8.23. The number of rotatable bonds is 1. The number of halogens is 1. The van der Waals surface area contributed by atoms with Crippen LogP contribution in [0.15, 0.2) is 24.3 Å². The fourth-order valence-electron chi connectivity index (χ4n) is 0.641. The largest absolute Gasteiger partial charge is 0.385 e. The van der Waals surface area contributed by atoms with E-state index < -0.39 is 15.2 Å². The smallest absolute Gasteiger partial charge is 0.258 e. The van der Waals surface area contributed by atoms with Crippen LogP contribution in [0.1, 0.15) is 0 Å². The number of benzene rings is 1. The molecule has 0 saturated heterocycles. The van der Waals surface area contributed by atoms with Crippen molar-refractivity contribution in [3.63, 3.8) is 0 Å². The van der Waals surface area contributed by atoms with E-state index in [0.29, 0.717) is 5.69 Å². The van der Waals surface area contributed by atoms with Crippen molar-refractivity contribution in [3.05, 3.63) is 39.4 Å². The third-order valence-electron chi connectivity index (χ3n) is 1.18. The number of non-ortho nitro benzene ring substituents is 1. The number of nitro groups is 1. The number of hydrogen-bond donors (Lipinski definition) is 0. The Balaban J connectivity index is 0.000000385. The summed E-state index contributed by atoms with van der Waals surface area (Å²) in [5.41, 5.74) is 0.285. The minimum atomic E-state index is -4.94. The predicted octanol–water partition coefficient (Wildman–Crippen LogP) is -2.68. The molecular formula is C6H4ClN3O6. The summed E-state index contributed by atoms with van der Waals surface area (Å²) in [6.07, 6.45) is 0. The summed E-state index contributed by atoms with van der Waals surface area (Å²) in [4.78, 5) is 12.4. The van der Waals surface area contributed by atoms with E-state index in [0.717, 1.165) is 0 Å². The lowest BCUT2D eigenvalue weighted by molar-refractivity contribution is -2.00. The van der Waals surface area contributed by atoms with Crippen molar-refractivity contribution in [1.82, 2.24) is 0 Å². The van der Waals surface area contributed by atoms with Crippen molar-refractivity contribution in [3.8, 4) is 0 Å². The summed E-state index contributed by atoms with van der Waals surface area (Å²) < 4.78 is 34.0. The maximum Gasteiger partial charge on any atom is 0.385 e. The molecule has 86 valence electrons. The number of nitro benzene ring substituents is 1. The predicted molar refractivity (Wildman–Crippen MR) is 37.8 cm³/mol. The zero-order valence-electron chi connectivity index (χ0n) is 7.48. The molecule has 0 radical (unpaired) electrons. The van der Waals surface area contributed by atoms with Gasteiger partial charge in [0, 0.05) is 24.3 Å². The first-order chi connectivity index (χ1) is 7.24. The van der Waals surface area contributed by atoms with Crippen LogP contribution in [0.3, 0.4) is 0 Å². The summed E-state index contributed by atoms with van der Waals surface area (Å²) in [6.45, 7) is 0. The lowest BCUT2D eigenvalue weighted by atomic mass is 10.3. The zero-order chi connectivity index (χ0) is 12.8. The summed E-state index contributed by atoms with van der Waals surface area (Å²) in [5, 5.41) is 18.3. The van der Waals surface area contributed by atoms with Crippen LogP contribution in [0.2, 0.25) is 0 Å². The van der Waals surface area contributed by atoms with Gasteiger partial charge in [-0.3, -0.25) is 10.1 Å². The molecular weight excluding hydrogens is 246 g/mol. The van der Waals surface area contributed by atoms with E-state index in [2.05, 4.69) is 4.98 Å². The fourth-order valence-corrected chi connectivity index (χ4v) is 0.641. The van der Waals surface area contributed by atoms with E-state index in [-0.39, 0.29) is 5.69 Å². The average Bonchev–Trinajstić information content (AvgIpc) is 2.15. The highest BCUT2D eigenvalue weighted by Crippen LogP contribution is 2.16. The van der Waals surface area contributed by atoms with Gasteiger partial charge in [0.2, 0.25) is 5.39 Å². The van der Waals surface area contributed by atoms with E-state index >= 15 is 0 Å². The second-order valence-electron chi connectivity index (χ2n) is 2.25. The highest BCUT2D eigenvalue weighted by Gasteiger charge is 2.08. The molecule has 0 heterocycles. The molecule has 0 aliphatic carbocycles. The summed E-state index contributed by atoms with van der Waals surface area (Å²) in [6, 6.07) is 5.26. The quantitative estimate of drug-likeness (QED) is 0.297. The highest BCUT2D eigenvalue weighted by molar-refractivity contribution is 5.48. The van der Waals surface area contributed by atoms with Gasteiger partial charge in [0.25, 0.3) is 5.69 Å². The first-order valence-corrected chi connectivity index (χ1v) is 4.69. The van der Waals surface area contributed by atoms with E-state index in [9.17, 15) is 10.1 Å². The third kappa shape index (κ3) is 7.56. The van der Waals surface area contributed by atoms with Gasteiger partial charge in [-0.05, 0) is 0 Å². The molecule has 0 unspecified atom stereocenters. The Labute approximate surface area is 90.7 Å². The van der Waals surface area contributed by atoms with Gasteiger partial charge in [-0.2, -0.15) is 0 Å². The van der Waals surface area contributed by atoms with Gasteiger partial charge in [-0.15, -0.1) is 10.2 Å². The molecule has 16 heavy (non-hydrogen) atoms. The Morgan fingerprint density at radius 3 is 1.75 bits per heavy atom. The molecule has 0 fully saturated rings. The topological polar surface area (TPSA) is 164 Å². The van der Waals surface area contributed by atoms with Gasteiger partial charge in [-0.1, -0.05) is 0 Å². The molecule has 0 atom stereocenters. The van der Waals surface area contributed by atoms with Crippen LogP contribution >= 0.6 is 0 Å². The van der Waals surface area contributed by atoms with Gasteiger partial charge in [0.05, 0.1) is 4.92 Å². The maximum atomic E-state index is 10.1. The number of hydrogen-bond acceptors (Lipinski definition) is 7. The molecule has 0 amide bonds. The highest BCUT2D eigenvalue weighted by atomic mass is 35.7.